The molecule has 0 aromatic heterocycles. The van der Waals surface area contributed by atoms with Gasteiger partial charge in [0.2, 0.25) is 0 Å². The molecule has 106 valence electrons. The van der Waals surface area contributed by atoms with Crippen LogP contribution in [0.4, 0.5) is 4.39 Å². The van der Waals surface area contributed by atoms with Gasteiger partial charge in [-0.25, -0.2) is 4.39 Å². The fourth-order valence-corrected chi connectivity index (χ4v) is 2.04. The van der Waals surface area contributed by atoms with E-state index in [4.69, 9.17) is 27.9 Å². The molecule has 1 unspecified atom stereocenters. The summed E-state index contributed by atoms with van der Waals surface area (Å²) in [4.78, 5) is 0. The summed E-state index contributed by atoms with van der Waals surface area (Å²) in [6, 6.07) is 11.4. The summed E-state index contributed by atoms with van der Waals surface area (Å²) in [6.07, 6.45) is -0.455. The molecular weight excluding hydrogens is 302 g/mol. The lowest BCUT2D eigenvalue weighted by atomic mass is 10.1. The van der Waals surface area contributed by atoms with Gasteiger partial charge in [0.15, 0.2) is 0 Å². The van der Waals surface area contributed by atoms with Gasteiger partial charge in [0, 0.05) is 11.4 Å². The highest BCUT2D eigenvalue weighted by molar-refractivity contribution is 6.31. The molecule has 0 aliphatic rings. The molecule has 0 bridgehead atoms. The number of hydrogen-bond donors (Lipinski definition) is 1. The van der Waals surface area contributed by atoms with E-state index in [9.17, 15) is 9.50 Å². The first-order chi connectivity index (χ1) is 9.54. The average Bonchev–Trinajstić information content (AvgIpc) is 2.41. The number of aliphatic hydroxyl groups is 1. The smallest absolute Gasteiger partial charge is 0.142 e. The van der Waals surface area contributed by atoms with Crippen LogP contribution in [0.1, 0.15) is 5.56 Å². The molecular formula is C15H13Cl2FO2. The van der Waals surface area contributed by atoms with Gasteiger partial charge in [-0.15, -0.1) is 0 Å². The second-order valence-electron chi connectivity index (χ2n) is 4.37. The molecule has 0 spiro atoms. The molecule has 2 aromatic rings. The Kier molecular flexibility index (Phi) is 5.24. The van der Waals surface area contributed by atoms with Gasteiger partial charge in [-0.05, 0) is 35.9 Å². The van der Waals surface area contributed by atoms with E-state index >= 15 is 0 Å². The minimum atomic E-state index is -0.741. The van der Waals surface area contributed by atoms with Gasteiger partial charge in [0.1, 0.15) is 18.2 Å². The lowest BCUT2D eigenvalue weighted by molar-refractivity contribution is 0.107. The van der Waals surface area contributed by atoms with Crippen LogP contribution in [-0.2, 0) is 6.42 Å². The van der Waals surface area contributed by atoms with Crippen LogP contribution in [-0.4, -0.2) is 17.8 Å². The lowest BCUT2D eigenvalue weighted by Gasteiger charge is -2.13. The van der Waals surface area contributed by atoms with Crippen LogP contribution in [0, 0.1) is 5.82 Å². The molecule has 0 saturated heterocycles. The molecule has 1 atom stereocenters. The zero-order chi connectivity index (χ0) is 14.5. The van der Waals surface area contributed by atoms with Crippen molar-refractivity contribution in [1.29, 1.82) is 0 Å². The van der Waals surface area contributed by atoms with Crippen LogP contribution in [0.3, 0.4) is 0 Å². The quantitative estimate of drug-likeness (QED) is 0.899. The molecule has 20 heavy (non-hydrogen) atoms. The predicted molar refractivity (Wildman–Crippen MR) is 78.1 cm³/mol. The summed E-state index contributed by atoms with van der Waals surface area (Å²) in [7, 11) is 0. The number of halogens is 3. The first-order valence-corrected chi connectivity index (χ1v) is 6.80. The zero-order valence-electron chi connectivity index (χ0n) is 10.5. The second kappa shape index (κ2) is 6.93. The molecule has 0 saturated carbocycles. The summed E-state index contributed by atoms with van der Waals surface area (Å²) in [5.74, 6) is 0.0889. The molecule has 0 amide bonds. The van der Waals surface area contributed by atoms with Crippen LogP contribution in [0.5, 0.6) is 5.75 Å². The molecule has 0 heterocycles. The third-order valence-electron chi connectivity index (χ3n) is 2.69. The predicted octanol–water partition coefficient (Wildman–Crippen LogP) is 4.11. The molecule has 0 aliphatic heterocycles. The topological polar surface area (TPSA) is 29.5 Å². The Hall–Kier alpha value is -1.29. The Balaban J connectivity index is 1.89. The van der Waals surface area contributed by atoms with E-state index < -0.39 is 11.9 Å². The standard InChI is InChI=1S/C15H13Cl2FO2/c16-11-2-1-3-13(8-11)20-9-12(19)6-10-4-5-14(17)15(18)7-10/h1-5,7-8,12,19H,6,9H2. The van der Waals surface area contributed by atoms with Crippen molar-refractivity contribution in [3.63, 3.8) is 0 Å². The SMILES string of the molecule is OC(COc1cccc(Cl)c1)Cc1ccc(Cl)c(F)c1. The first kappa shape index (κ1) is 15.1. The van der Waals surface area contributed by atoms with E-state index in [1.807, 2.05) is 0 Å². The number of aliphatic hydroxyl groups excluding tert-OH is 1. The van der Waals surface area contributed by atoms with Crippen molar-refractivity contribution in [2.45, 2.75) is 12.5 Å². The van der Waals surface area contributed by atoms with Gasteiger partial charge >= 0.3 is 0 Å². The summed E-state index contributed by atoms with van der Waals surface area (Å²) in [5, 5.41) is 10.5. The molecule has 0 fully saturated rings. The molecule has 1 N–H and O–H groups in total. The number of benzene rings is 2. The molecule has 0 radical (unpaired) electrons. The van der Waals surface area contributed by atoms with Gasteiger partial charge in [-0.1, -0.05) is 35.3 Å². The molecule has 2 nitrogen and oxygen atoms in total. The summed E-state index contributed by atoms with van der Waals surface area (Å²) >= 11 is 11.4. The van der Waals surface area contributed by atoms with Crippen LogP contribution in [0.2, 0.25) is 10.0 Å². The minimum Gasteiger partial charge on any atom is -0.491 e. The van der Waals surface area contributed by atoms with E-state index in [1.165, 1.54) is 12.1 Å². The summed E-state index contributed by atoms with van der Waals surface area (Å²) in [6.45, 7) is 0.102. The Morgan fingerprint density at radius 3 is 2.65 bits per heavy atom. The van der Waals surface area contributed by atoms with Gasteiger partial charge < -0.3 is 9.84 Å². The average molecular weight is 315 g/mol. The maximum Gasteiger partial charge on any atom is 0.142 e. The van der Waals surface area contributed by atoms with Gasteiger partial charge in [0.05, 0.1) is 11.1 Å². The van der Waals surface area contributed by atoms with Gasteiger partial charge in [0.25, 0.3) is 0 Å². The second-order valence-corrected chi connectivity index (χ2v) is 5.22. The van der Waals surface area contributed by atoms with Crippen molar-refractivity contribution in [2.75, 3.05) is 6.61 Å². The monoisotopic (exact) mass is 314 g/mol. The van der Waals surface area contributed by atoms with Crippen molar-refractivity contribution < 1.29 is 14.2 Å². The number of rotatable bonds is 5. The summed E-state index contributed by atoms with van der Waals surface area (Å²) < 4.78 is 18.7. The largest absolute Gasteiger partial charge is 0.491 e. The summed E-state index contributed by atoms with van der Waals surface area (Å²) in [5.41, 5.74) is 0.661. The number of ether oxygens (including phenoxy) is 1. The van der Waals surface area contributed by atoms with Crippen LogP contribution in [0.15, 0.2) is 42.5 Å². The van der Waals surface area contributed by atoms with Crippen molar-refractivity contribution in [3.05, 3.63) is 63.9 Å². The molecule has 0 aliphatic carbocycles. The third kappa shape index (κ3) is 4.37. The van der Waals surface area contributed by atoms with E-state index in [0.29, 0.717) is 16.3 Å². The van der Waals surface area contributed by atoms with Gasteiger partial charge in [-0.2, -0.15) is 0 Å². The maximum absolute atomic E-state index is 13.3. The Morgan fingerprint density at radius 1 is 1.15 bits per heavy atom. The van der Waals surface area contributed by atoms with Crippen molar-refractivity contribution in [1.82, 2.24) is 0 Å². The molecule has 5 heteroatoms. The normalized spacial score (nSPS) is 12.2. The maximum atomic E-state index is 13.3. The fraction of sp³-hybridized carbons (Fsp3) is 0.200. The highest BCUT2D eigenvalue weighted by Crippen LogP contribution is 2.19. The van der Waals surface area contributed by atoms with E-state index in [2.05, 4.69) is 0 Å². The first-order valence-electron chi connectivity index (χ1n) is 6.05. The van der Waals surface area contributed by atoms with E-state index in [-0.39, 0.29) is 18.1 Å². The molecule has 2 rings (SSSR count). The Labute approximate surface area is 126 Å². The van der Waals surface area contributed by atoms with Crippen molar-refractivity contribution >= 4 is 23.2 Å². The van der Waals surface area contributed by atoms with E-state index in [1.54, 1.807) is 30.3 Å². The fourth-order valence-electron chi connectivity index (χ4n) is 1.75. The molecule has 2 aromatic carbocycles. The highest BCUT2D eigenvalue weighted by Gasteiger charge is 2.09. The van der Waals surface area contributed by atoms with Crippen LogP contribution < -0.4 is 4.74 Å². The van der Waals surface area contributed by atoms with Crippen molar-refractivity contribution in [3.8, 4) is 5.75 Å². The van der Waals surface area contributed by atoms with Crippen LogP contribution >= 0.6 is 23.2 Å². The Morgan fingerprint density at radius 2 is 1.95 bits per heavy atom. The van der Waals surface area contributed by atoms with Crippen molar-refractivity contribution in [2.24, 2.45) is 0 Å². The Bertz CT molecular complexity index is 590. The number of hydrogen-bond acceptors (Lipinski definition) is 2. The highest BCUT2D eigenvalue weighted by atomic mass is 35.5. The third-order valence-corrected chi connectivity index (χ3v) is 3.24. The van der Waals surface area contributed by atoms with E-state index in [0.717, 1.165) is 0 Å². The van der Waals surface area contributed by atoms with Crippen LogP contribution in [0.25, 0.3) is 0 Å². The zero-order valence-corrected chi connectivity index (χ0v) is 12.0. The minimum absolute atomic E-state index is 0.0680. The lowest BCUT2D eigenvalue weighted by Crippen LogP contribution is -2.20. The van der Waals surface area contributed by atoms with Gasteiger partial charge in [-0.3, -0.25) is 0 Å².